The summed E-state index contributed by atoms with van der Waals surface area (Å²) in [5.41, 5.74) is 17.4. The molecule has 1 heterocycles. The van der Waals surface area contributed by atoms with Gasteiger partial charge < -0.3 is 0 Å². The number of nitrogens with zero attached hydrogens (tertiary/aromatic N) is 2. The summed E-state index contributed by atoms with van der Waals surface area (Å²) in [6.45, 7) is 0. The van der Waals surface area contributed by atoms with E-state index in [1.54, 1.807) is 0 Å². The fraction of sp³-hybridized carbons (Fsp3) is 0.0169. The highest BCUT2D eigenvalue weighted by molar-refractivity contribution is 6.20. The Labute approximate surface area is 354 Å². The Kier molecular flexibility index (Phi) is 7.26. The van der Waals surface area contributed by atoms with Crippen LogP contribution in [0.4, 0.5) is 0 Å². The normalized spacial score (nSPS) is 13.0. The molecule has 1 aromatic heterocycles. The lowest BCUT2D eigenvalue weighted by atomic mass is 9.70. The van der Waals surface area contributed by atoms with E-state index < -0.39 is 0 Å². The van der Waals surface area contributed by atoms with Gasteiger partial charge in [0.15, 0.2) is 5.82 Å². The largest absolute Gasteiger partial charge is 0.228 e. The molecule has 0 bridgehead atoms. The third kappa shape index (κ3) is 4.91. The van der Waals surface area contributed by atoms with Crippen molar-refractivity contribution in [2.24, 2.45) is 0 Å². The summed E-state index contributed by atoms with van der Waals surface area (Å²) in [6.07, 6.45) is 0. The van der Waals surface area contributed by atoms with Gasteiger partial charge in [0, 0.05) is 16.7 Å². The highest BCUT2D eigenvalue weighted by Crippen LogP contribution is 2.63. The second-order valence-corrected chi connectivity index (χ2v) is 16.4. The lowest BCUT2D eigenvalue weighted by molar-refractivity contribution is 0.794. The van der Waals surface area contributed by atoms with Crippen LogP contribution in [-0.4, -0.2) is 9.97 Å². The van der Waals surface area contributed by atoms with Gasteiger partial charge in [0.1, 0.15) is 0 Å². The molecular weight excluding hydrogens is 737 g/mol. The molecule has 0 saturated heterocycles. The van der Waals surface area contributed by atoms with Crippen molar-refractivity contribution < 1.29 is 0 Å². The molecule has 13 rings (SSSR count). The first-order valence-corrected chi connectivity index (χ1v) is 21.1. The topological polar surface area (TPSA) is 25.8 Å². The fourth-order valence-corrected chi connectivity index (χ4v) is 10.7. The molecule has 0 saturated carbocycles. The molecule has 0 atom stereocenters. The second-order valence-electron chi connectivity index (χ2n) is 16.4. The van der Waals surface area contributed by atoms with Crippen LogP contribution in [-0.2, 0) is 5.41 Å². The van der Waals surface area contributed by atoms with Crippen molar-refractivity contribution in [2.45, 2.75) is 5.41 Å². The Morgan fingerprint density at radius 3 is 1.51 bits per heavy atom. The standard InChI is InChI=1S/C59H36N2/c1-2-15-38(16-3-1)55-36-56(42-31-33-54-50(35-42)47-22-10-13-25-53(47)59(54)51-23-11-8-20-45(51)46-21-9-12-24-52(46)59)61-58(60-55)40-28-26-39(27-29-40)57-44-19-7-5-17-41(44)34-49-43-18-6-4-14-37(43)30-32-48(49)57/h1-36H. The van der Waals surface area contributed by atoms with Gasteiger partial charge in [-0.3, -0.25) is 0 Å². The van der Waals surface area contributed by atoms with Crippen LogP contribution < -0.4 is 0 Å². The van der Waals surface area contributed by atoms with E-state index in [-0.39, 0.29) is 5.41 Å². The number of fused-ring (bicyclic) bond motifs is 14. The molecule has 10 aromatic carbocycles. The van der Waals surface area contributed by atoms with E-state index >= 15 is 0 Å². The number of rotatable bonds is 4. The van der Waals surface area contributed by atoms with Gasteiger partial charge in [0.2, 0.25) is 0 Å². The minimum atomic E-state index is -0.381. The van der Waals surface area contributed by atoms with Crippen molar-refractivity contribution in [3.05, 3.63) is 241 Å². The van der Waals surface area contributed by atoms with E-state index in [4.69, 9.17) is 9.97 Å². The van der Waals surface area contributed by atoms with Gasteiger partial charge in [0.25, 0.3) is 0 Å². The molecule has 2 heteroatoms. The van der Waals surface area contributed by atoms with E-state index in [0.29, 0.717) is 5.82 Å². The first kappa shape index (κ1) is 34.0. The maximum Gasteiger partial charge on any atom is 0.160 e. The Balaban J connectivity index is 0.973. The zero-order valence-electron chi connectivity index (χ0n) is 33.2. The van der Waals surface area contributed by atoms with Crippen molar-refractivity contribution in [1.82, 2.24) is 9.97 Å². The van der Waals surface area contributed by atoms with E-state index in [0.717, 1.165) is 28.1 Å². The number of hydrogen-bond acceptors (Lipinski definition) is 2. The van der Waals surface area contributed by atoms with Crippen molar-refractivity contribution >= 4 is 32.3 Å². The van der Waals surface area contributed by atoms with E-state index in [2.05, 4.69) is 218 Å². The minimum Gasteiger partial charge on any atom is -0.228 e. The molecular formula is C59H36N2. The minimum absolute atomic E-state index is 0.381. The van der Waals surface area contributed by atoms with Crippen molar-refractivity contribution in [1.29, 1.82) is 0 Å². The van der Waals surface area contributed by atoms with Crippen molar-refractivity contribution in [3.8, 4) is 67.3 Å². The van der Waals surface area contributed by atoms with Gasteiger partial charge in [-0.15, -0.1) is 0 Å². The van der Waals surface area contributed by atoms with Crippen molar-refractivity contribution in [2.75, 3.05) is 0 Å². The third-order valence-corrected chi connectivity index (χ3v) is 13.3. The van der Waals surface area contributed by atoms with Crippen LogP contribution in [0.5, 0.6) is 0 Å². The summed E-state index contributed by atoms with van der Waals surface area (Å²) in [4.78, 5) is 10.6. The van der Waals surface area contributed by atoms with E-state index in [9.17, 15) is 0 Å². The zero-order chi connectivity index (χ0) is 40.1. The van der Waals surface area contributed by atoms with Crippen molar-refractivity contribution in [3.63, 3.8) is 0 Å². The van der Waals surface area contributed by atoms with E-state index in [1.165, 1.54) is 88.0 Å². The molecule has 2 nitrogen and oxygen atoms in total. The SMILES string of the molecule is c1ccc(-c2cc(-c3ccc4c(c3)-c3ccccc3C43c4ccccc4-c4ccccc43)nc(-c3ccc(-c4c5ccccc5cc5c4ccc4ccccc45)cc3)n2)cc1. The smallest absolute Gasteiger partial charge is 0.160 e. The summed E-state index contributed by atoms with van der Waals surface area (Å²) in [6, 6.07) is 79.7. The summed E-state index contributed by atoms with van der Waals surface area (Å²) in [7, 11) is 0. The van der Waals surface area contributed by atoms with Crippen LogP contribution >= 0.6 is 0 Å². The van der Waals surface area contributed by atoms with Crippen LogP contribution in [0.3, 0.4) is 0 Å². The van der Waals surface area contributed by atoms with Gasteiger partial charge in [-0.2, -0.15) is 0 Å². The highest BCUT2D eigenvalue weighted by atomic mass is 14.9. The highest BCUT2D eigenvalue weighted by Gasteiger charge is 2.51. The summed E-state index contributed by atoms with van der Waals surface area (Å²) in [5, 5.41) is 7.51. The number of hydrogen-bond donors (Lipinski definition) is 0. The summed E-state index contributed by atoms with van der Waals surface area (Å²) in [5.74, 6) is 0.702. The molecule has 11 aromatic rings. The maximum atomic E-state index is 5.37. The van der Waals surface area contributed by atoms with Crippen LogP contribution in [0.1, 0.15) is 22.3 Å². The Hall–Kier alpha value is -7.94. The maximum absolute atomic E-state index is 5.37. The van der Waals surface area contributed by atoms with Gasteiger partial charge in [-0.1, -0.05) is 200 Å². The Bertz CT molecular complexity index is 3540. The fourth-order valence-electron chi connectivity index (χ4n) is 10.7. The van der Waals surface area contributed by atoms with Crippen LogP contribution in [0, 0.1) is 0 Å². The lowest BCUT2D eigenvalue weighted by Crippen LogP contribution is -2.25. The first-order valence-electron chi connectivity index (χ1n) is 21.1. The molecule has 0 unspecified atom stereocenters. The van der Waals surface area contributed by atoms with Gasteiger partial charge in [-0.25, -0.2) is 9.97 Å². The molecule has 2 aliphatic rings. The molecule has 0 N–H and O–H groups in total. The molecule has 0 radical (unpaired) electrons. The second kappa shape index (κ2) is 13.0. The summed E-state index contributed by atoms with van der Waals surface area (Å²) >= 11 is 0. The quantitative estimate of drug-likeness (QED) is 0.132. The lowest BCUT2D eigenvalue weighted by Gasteiger charge is -2.30. The number of benzene rings is 10. The van der Waals surface area contributed by atoms with Gasteiger partial charge >= 0.3 is 0 Å². The molecule has 0 fully saturated rings. The average Bonchev–Trinajstić information content (AvgIpc) is 3.80. The molecule has 2 aliphatic carbocycles. The zero-order valence-corrected chi connectivity index (χ0v) is 33.2. The van der Waals surface area contributed by atoms with Crippen LogP contribution in [0.2, 0.25) is 0 Å². The van der Waals surface area contributed by atoms with E-state index in [1.807, 2.05) is 0 Å². The van der Waals surface area contributed by atoms with Crippen LogP contribution in [0.15, 0.2) is 218 Å². The predicted octanol–water partition coefficient (Wildman–Crippen LogP) is 14.9. The van der Waals surface area contributed by atoms with Gasteiger partial charge in [0.05, 0.1) is 16.8 Å². The third-order valence-electron chi connectivity index (χ3n) is 13.3. The monoisotopic (exact) mass is 772 g/mol. The van der Waals surface area contributed by atoms with Gasteiger partial charge in [-0.05, 0) is 106 Å². The molecule has 282 valence electrons. The number of aromatic nitrogens is 2. The Morgan fingerprint density at radius 1 is 0.279 bits per heavy atom. The molecule has 0 aliphatic heterocycles. The van der Waals surface area contributed by atoms with Crippen LogP contribution in [0.25, 0.3) is 99.6 Å². The molecule has 1 spiro atoms. The molecule has 61 heavy (non-hydrogen) atoms. The first-order chi connectivity index (χ1) is 30.2. The average molecular weight is 773 g/mol. The molecule has 0 amide bonds. The Morgan fingerprint density at radius 2 is 0.803 bits per heavy atom. The predicted molar refractivity (Wildman–Crippen MR) is 253 cm³/mol. The summed E-state index contributed by atoms with van der Waals surface area (Å²) < 4.78 is 0.